The van der Waals surface area contributed by atoms with E-state index in [9.17, 15) is 22.8 Å². The van der Waals surface area contributed by atoms with E-state index in [2.05, 4.69) is 15.0 Å². The number of hydrogen-bond acceptors (Lipinski definition) is 5. The van der Waals surface area contributed by atoms with Gasteiger partial charge in [0.1, 0.15) is 5.82 Å². The summed E-state index contributed by atoms with van der Waals surface area (Å²) in [4.78, 5) is 38.1. The molecule has 0 radical (unpaired) electrons. The van der Waals surface area contributed by atoms with Gasteiger partial charge in [-0.3, -0.25) is 9.59 Å². The molecule has 1 amide bonds. The summed E-state index contributed by atoms with van der Waals surface area (Å²) in [7, 11) is 0. The number of carbonyl (C=O) groups is 1. The van der Waals surface area contributed by atoms with Crippen LogP contribution in [0, 0.1) is 6.92 Å². The summed E-state index contributed by atoms with van der Waals surface area (Å²) in [5, 5.41) is -0.0779. The molecule has 11 heteroatoms. The number of halogens is 4. The second-order valence-electron chi connectivity index (χ2n) is 6.69. The van der Waals surface area contributed by atoms with Gasteiger partial charge in [-0.2, -0.15) is 13.2 Å². The SMILES string of the molecule is Cc1nc[nH]c(=O)c1CCC(=O)N1CCN(c2ncc(C(F)(F)F)cc2Cl)CC1. The largest absolute Gasteiger partial charge is 0.417 e. The smallest absolute Gasteiger partial charge is 0.352 e. The van der Waals surface area contributed by atoms with Crippen molar-refractivity contribution in [1.82, 2.24) is 19.9 Å². The van der Waals surface area contributed by atoms with Crippen LogP contribution in [-0.4, -0.2) is 51.9 Å². The molecule has 0 atom stereocenters. The van der Waals surface area contributed by atoms with Gasteiger partial charge in [0.15, 0.2) is 0 Å². The highest BCUT2D eigenvalue weighted by atomic mass is 35.5. The molecule has 0 bridgehead atoms. The minimum atomic E-state index is -4.51. The van der Waals surface area contributed by atoms with Crippen molar-refractivity contribution >= 4 is 23.3 Å². The quantitative estimate of drug-likeness (QED) is 0.807. The zero-order valence-corrected chi connectivity index (χ0v) is 16.3. The molecule has 0 aliphatic carbocycles. The van der Waals surface area contributed by atoms with Crippen molar-refractivity contribution in [1.29, 1.82) is 0 Å². The number of carbonyl (C=O) groups excluding carboxylic acids is 1. The van der Waals surface area contributed by atoms with Gasteiger partial charge >= 0.3 is 6.18 Å². The van der Waals surface area contributed by atoms with E-state index in [1.54, 1.807) is 16.7 Å². The average Bonchev–Trinajstić information content (AvgIpc) is 2.67. The highest BCUT2D eigenvalue weighted by Crippen LogP contribution is 2.33. The Kier molecular flexibility index (Phi) is 6.11. The Morgan fingerprint density at radius 3 is 2.52 bits per heavy atom. The van der Waals surface area contributed by atoms with Crippen LogP contribution in [0.1, 0.15) is 23.2 Å². The number of anilines is 1. The van der Waals surface area contributed by atoms with E-state index in [0.29, 0.717) is 43.9 Å². The lowest BCUT2D eigenvalue weighted by molar-refractivity contribution is -0.137. The van der Waals surface area contributed by atoms with Crippen LogP contribution >= 0.6 is 11.6 Å². The number of aryl methyl sites for hydroxylation is 1. The fraction of sp³-hybridized carbons (Fsp3) is 0.444. The molecule has 2 aromatic rings. The van der Waals surface area contributed by atoms with Crippen LogP contribution in [0.5, 0.6) is 0 Å². The molecule has 1 aliphatic rings. The van der Waals surface area contributed by atoms with Crippen LogP contribution in [0.15, 0.2) is 23.4 Å². The monoisotopic (exact) mass is 429 g/mol. The summed E-state index contributed by atoms with van der Waals surface area (Å²) in [6.45, 7) is 3.29. The van der Waals surface area contributed by atoms with Gasteiger partial charge in [0.05, 0.1) is 16.9 Å². The van der Waals surface area contributed by atoms with Crippen molar-refractivity contribution in [3.8, 4) is 0 Å². The first-order valence-corrected chi connectivity index (χ1v) is 9.33. The van der Waals surface area contributed by atoms with E-state index in [0.717, 1.165) is 12.3 Å². The van der Waals surface area contributed by atoms with Gasteiger partial charge in [-0.15, -0.1) is 0 Å². The van der Waals surface area contributed by atoms with Crippen molar-refractivity contribution in [3.63, 3.8) is 0 Å². The fourth-order valence-electron chi connectivity index (χ4n) is 3.19. The third-order valence-electron chi connectivity index (χ3n) is 4.83. The van der Waals surface area contributed by atoms with Crippen LogP contribution < -0.4 is 10.5 Å². The summed E-state index contributed by atoms with van der Waals surface area (Å²) < 4.78 is 38.2. The van der Waals surface area contributed by atoms with Crippen molar-refractivity contribution in [2.45, 2.75) is 25.9 Å². The van der Waals surface area contributed by atoms with Gasteiger partial charge in [-0.25, -0.2) is 9.97 Å². The van der Waals surface area contributed by atoms with E-state index in [1.807, 2.05) is 0 Å². The first-order chi connectivity index (χ1) is 13.7. The standard InChI is InChI=1S/C18H19ClF3N5O2/c1-11-13(17(29)25-10-24-11)2-3-15(28)26-4-6-27(7-5-26)16-14(19)8-12(9-23-16)18(20,21)22/h8-10H,2-7H2,1H3,(H,24,25,29). The van der Waals surface area contributed by atoms with Crippen molar-refractivity contribution < 1.29 is 18.0 Å². The average molecular weight is 430 g/mol. The molecule has 3 heterocycles. The van der Waals surface area contributed by atoms with Gasteiger partial charge < -0.3 is 14.8 Å². The molecular weight excluding hydrogens is 411 g/mol. The summed E-state index contributed by atoms with van der Waals surface area (Å²) >= 11 is 5.99. The lowest BCUT2D eigenvalue weighted by Gasteiger charge is -2.36. The van der Waals surface area contributed by atoms with E-state index < -0.39 is 11.7 Å². The second kappa shape index (κ2) is 8.40. The van der Waals surface area contributed by atoms with E-state index in [-0.39, 0.29) is 28.7 Å². The number of nitrogens with zero attached hydrogens (tertiary/aromatic N) is 4. The molecule has 1 aliphatic heterocycles. The molecule has 7 nitrogen and oxygen atoms in total. The minimum absolute atomic E-state index is 0.0779. The van der Waals surface area contributed by atoms with Crippen LogP contribution in [-0.2, 0) is 17.4 Å². The Morgan fingerprint density at radius 2 is 1.93 bits per heavy atom. The third kappa shape index (κ3) is 4.87. The van der Waals surface area contributed by atoms with E-state index in [1.165, 1.54) is 6.33 Å². The Morgan fingerprint density at radius 1 is 1.24 bits per heavy atom. The van der Waals surface area contributed by atoms with Crippen LogP contribution in [0.25, 0.3) is 0 Å². The Hall–Kier alpha value is -2.62. The molecule has 156 valence electrons. The number of nitrogens with one attached hydrogen (secondary N) is 1. The molecular formula is C18H19ClF3N5O2. The molecule has 1 N–H and O–H groups in total. The number of H-pyrrole nitrogens is 1. The first-order valence-electron chi connectivity index (χ1n) is 8.95. The minimum Gasteiger partial charge on any atom is -0.352 e. The normalized spacial score (nSPS) is 14.9. The van der Waals surface area contributed by atoms with Crippen molar-refractivity contribution in [2.75, 3.05) is 31.1 Å². The third-order valence-corrected chi connectivity index (χ3v) is 5.11. The maximum Gasteiger partial charge on any atom is 0.417 e. The number of piperazine rings is 1. The number of hydrogen-bond donors (Lipinski definition) is 1. The molecule has 3 rings (SSSR count). The maximum absolute atomic E-state index is 12.7. The van der Waals surface area contributed by atoms with E-state index >= 15 is 0 Å². The molecule has 0 unspecified atom stereocenters. The summed E-state index contributed by atoms with van der Waals surface area (Å²) in [6.07, 6.45) is -1.96. The van der Waals surface area contributed by atoms with Crippen molar-refractivity contribution in [3.05, 3.63) is 50.8 Å². The van der Waals surface area contributed by atoms with Gasteiger partial charge in [0.25, 0.3) is 5.56 Å². The number of aromatic amines is 1. The summed E-state index contributed by atoms with van der Waals surface area (Å²) in [5.41, 5.74) is -0.0755. The van der Waals surface area contributed by atoms with Crippen LogP contribution in [0.3, 0.4) is 0 Å². The summed E-state index contributed by atoms with van der Waals surface area (Å²) in [5.74, 6) is 0.170. The lowest BCUT2D eigenvalue weighted by atomic mass is 10.1. The fourth-order valence-corrected chi connectivity index (χ4v) is 3.47. The number of pyridine rings is 1. The van der Waals surface area contributed by atoms with Gasteiger partial charge in [-0.1, -0.05) is 11.6 Å². The highest BCUT2D eigenvalue weighted by molar-refractivity contribution is 6.33. The summed E-state index contributed by atoms with van der Waals surface area (Å²) in [6, 6.07) is 0.856. The van der Waals surface area contributed by atoms with Gasteiger partial charge in [-0.05, 0) is 19.4 Å². The molecule has 29 heavy (non-hydrogen) atoms. The molecule has 1 saturated heterocycles. The van der Waals surface area contributed by atoms with Crippen LogP contribution in [0.4, 0.5) is 19.0 Å². The second-order valence-corrected chi connectivity index (χ2v) is 7.10. The maximum atomic E-state index is 12.7. The topological polar surface area (TPSA) is 82.2 Å². The number of alkyl halides is 3. The predicted octanol–water partition coefficient (Wildman–Crippen LogP) is 2.43. The molecule has 0 aromatic carbocycles. The lowest BCUT2D eigenvalue weighted by Crippen LogP contribution is -2.49. The molecule has 2 aromatic heterocycles. The highest BCUT2D eigenvalue weighted by Gasteiger charge is 2.32. The van der Waals surface area contributed by atoms with Crippen LogP contribution in [0.2, 0.25) is 5.02 Å². The Labute approximate surface area is 169 Å². The number of aromatic nitrogens is 3. The zero-order valence-electron chi connectivity index (χ0n) is 15.6. The Balaban J connectivity index is 1.58. The molecule has 0 saturated carbocycles. The molecule has 1 fully saturated rings. The first kappa shape index (κ1) is 21.1. The number of amides is 1. The number of rotatable bonds is 4. The molecule has 0 spiro atoms. The van der Waals surface area contributed by atoms with Crippen molar-refractivity contribution in [2.24, 2.45) is 0 Å². The Bertz CT molecular complexity index is 955. The van der Waals surface area contributed by atoms with Gasteiger partial charge in [0, 0.05) is 50.1 Å². The van der Waals surface area contributed by atoms with Gasteiger partial charge in [0.2, 0.25) is 5.91 Å². The predicted molar refractivity (Wildman–Crippen MR) is 101 cm³/mol. The zero-order chi connectivity index (χ0) is 21.2. The van der Waals surface area contributed by atoms with E-state index in [4.69, 9.17) is 11.6 Å².